The Hall–Kier alpha value is -2.34. The van der Waals surface area contributed by atoms with E-state index in [-0.39, 0.29) is 5.91 Å². The largest absolute Gasteiger partial charge is 0.399 e. The van der Waals surface area contributed by atoms with Crippen LogP contribution in [0.3, 0.4) is 0 Å². The van der Waals surface area contributed by atoms with Crippen molar-refractivity contribution in [3.63, 3.8) is 0 Å². The Balaban J connectivity index is 1.91. The first kappa shape index (κ1) is 14.1. The molecule has 0 fully saturated rings. The first-order valence-electron chi connectivity index (χ1n) is 6.08. The van der Waals surface area contributed by atoms with Gasteiger partial charge in [0.2, 0.25) is 5.91 Å². The third kappa shape index (κ3) is 3.58. The Kier molecular flexibility index (Phi) is 4.37. The molecule has 0 bridgehead atoms. The highest BCUT2D eigenvalue weighted by molar-refractivity contribution is 7.14. The third-order valence-corrected chi connectivity index (χ3v) is 3.63. The van der Waals surface area contributed by atoms with E-state index < -0.39 is 5.91 Å². The third-order valence-electron chi connectivity index (χ3n) is 2.80. The van der Waals surface area contributed by atoms with Gasteiger partial charge in [-0.15, -0.1) is 11.3 Å². The zero-order chi connectivity index (χ0) is 14.5. The van der Waals surface area contributed by atoms with Gasteiger partial charge in [-0.3, -0.25) is 9.59 Å². The maximum Gasteiger partial charge on any atom is 0.251 e. The van der Waals surface area contributed by atoms with Crippen molar-refractivity contribution < 1.29 is 9.59 Å². The fraction of sp³-hybridized carbons (Fsp3) is 0.143. The molecular formula is C14H15N3O2S. The van der Waals surface area contributed by atoms with Crippen LogP contribution in [0, 0.1) is 0 Å². The van der Waals surface area contributed by atoms with Crippen LogP contribution in [-0.4, -0.2) is 11.8 Å². The minimum Gasteiger partial charge on any atom is -0.399 e. The summed E-state index contributed by atoms with van der Waals surface area (Å²) in [5, 5.41) is 4.93. The number of carbonyl (C=O) groups is 2. The molecule has 0 aliphatic carbocycles. The van der Waals surface area contributed by atoms with Gasteiger partial charge in [0.15, 0.2) is 0 Å². The molecule has 0 aliphatic heterocycles. The number of nitrogens with two attached hydrogens (primary N) is 2. The second-order valence-electron chi connectivity index (χ2n) is 4.32. The second-order valence-corrected chi connectivity index (χ2v) is 5.23. The summed E-state index contributed by atoms with van der Waals surface area (Å²) in [5.41, 5.74) is 12.9. The molecule has 0 unspecified atom stereocenters. The predicted molar refractivity (Wildman–Crippen MR) is 80.6 cm³/mol. The van der Waals surface area contributed by atoms with Crippen LogP contribution in [0.25, 0.3) is 0 Å². The molecule has 0 spiro atoms. The molecule has 0 aliphatic rings. The summed E-state index contributed by atoms with van der Waals surface area (Å²) in [6, 6.07) is 8.99. The fourth-order valence-corrected chi connectivity index (χ4v) is 2.54. The molecule has 0 atom stereocenters. The second kappa shape index (κ2) is 6.21. The van der Waals surface area contributed by atoms with E-state index in [4.69, 9.17) is 11.5 Å². The lowest BCUT2D eigenvalue weighted by Crippen LogP contribution is -2.16. The van der Waals surface area contributed by atoms with Crippen molar-refractivity contribution in [2.75, 3.05) is 11.1 Å². The van der Waals surface area contributed by atoms with Crippen molar-refractivity contribution in [1.29, 1.82) is 0 Å². The molecule has 5 N–H and O–H groups in total. The molecule has 2 amide bonds. The predicted octanol–water partition coefficient (Wildman–Crippen LogP) is 2.00. The molecule has 6 heteroatoms. The summed E-state index contributed by atoms with van der Waals surface area (Å²) in [6.07, 6.45) is 0.948. The summed E-state index contributed by atoms with van der Waals surface area (Å²) in [7, 11) is 0. The maximum atomic E-state index is 11.8. The molecule has 2 aromatic rings. The van der Waals surface area contributed by atoms with Crippen LogP contribution in [0.5, 0.6) is 0 Å². The van der Waals surface area contributed by atoms with E-state index in [1.807, 2.05) is 12.1 Å². The lowest BCUT2D eigenvalue weighted by Gasteiger charge is -2.05. The van der Waals surface area contributed by atoms with Crippen molar-refractivity contribution in [1.82, 2.24) is 0 Å². The van der Waals surface area contributed by atoms with Gasteiger partial charge in [-0.05, 0) is 35.6 Å². The topological polar surface area (TPSA) is 98.2 Å². The molecule has 5 nitrogen and oxygen atoms in total. The molecule has 0 saturated heterocycles. The summed E-state index contributed by atoms with van der Waals surface area (Å²) >= 11 is 1.28. The van der Waals surface area contributed by atoms with Crippen LogP contribution in [0.2, 0.25) is 0 Å². The van der Waals surface area contributed by atoms with Crippen molar-refractivity contribution in [2.45, 2.75) is 12.8 Å². The molecular weight excluding hydrogens is 274 g/mol. The van der Waals surface area contributed by atoms with Gasteiger partial charge in [0.05, 0.1) is 5.56 Å². The summed E-state index contributed by atoms with van der Waals surface area (Å²) < 4.78 is 0. The number of hydrogen-bond acceptors (Lipinski definition) is 4. The van der Waals surface area contributed by atoms with Crippen LogP contribution in [-0.2, 0) is 11.2 Å². The fourth-order valence-electron chi connectivity index (χ4n) is 1.73. The van der Waals surface area contributed by atoms with Gasteiger partial charge in [0, 0.05) is 12.1 Å². The Labute approximate surface area is 120 Å². The van der Waals surface area contributed by atoms with Crippen LogP contribution in [0.4, 0.5) is 10.7 Å². The van der Waals surface area contributed by atoms with Gasteiger partial charge in [-0.2, -0.15) is 0 Å². The molecule has 0 saturated carbocycles. The number of thiophene rings is 1. The molecule has 20 heavy (non-hydrogen) atoms. The number of nitrogen functional groups attached to an aromatic ring is 1. The monoisotopic (exact) mass is 289 g/mol. The number of amides is 2. The zero-order valence-electron chi connectivity index (χ0n) is 10.8. The summed E-state index contributed by atoms with van der Waals surface area (Å²) in [5.74, 6) is -0.688. The first-order chi connectivity index (χ1) is 9.56. The highest BCUT2D eigenvalue weighted by Crippen LogP contribution is 2.22. The van der Waals surface area contributed by atoms with Crippen molar-refractivity contribution in [2.24, 2.45) is 5.73 Å². The van der Waals surface area contributed by atoms with E-state index in [2.05, 4.69) is 5.32 Å². The van der Waals surface area contributed by atoms with Gasteiger partial charge >= 0.3 is 0 Å². The van der Waals surface area contributed by atoms with E-state index in [1.54, 1.807) is 23.6 Å². The van der Waals surface area contributed by atoms with Gasteiger partial charge in [0.1, 0.15) is 5.00 Å². The Morgan fingerprint density at radius 3 is 2.50 bits per heavy atom. The highest BCUT2D eigenvalue weighted by atomic mass is 32.1. The van der Waals surface area contributed by atoms with Gasteiger partial charge in [0.25, 0.3) is 5.91 Å². The van der Waals surface area contributed by atoms with Crippen LogP contribution in [0.1, 0.15) is 22.3 Å². The molecule has 2 rings (SSSR count). The minimum absolute atomic E-state index is 0.147. The summed E-state index contributed by atoms with van der Waals surface area (Å²) in [4.78, 5) is 23.0. The lowest BCUT2D eigenvalue weighted by molar-refractivity contribution is -0.116. The van der Waals surface area contributed by atoms with E-state index in [1.165, 1.54) is 11.3 Å². The van der Waals surface area contributed by atoms with Crippen molar-refractivity contribution >= 4 is 33.8 Å². The zero-order valence-corrected chi connectivity index (χ0v) is 11.6. The standard InChI is InChI=1S/C14H15N3O2S/c15-10-4-1-9(2-5-10)3-6-12(18)17-14-11(13(16)19)7-8-20-14/h1-2,4-5,7-8H,3,6,15H2,(H2,16,19)(H,17,18). The Morgan fingerprint density at radius 2 is 1.85 bits per heavy atom. The molecule has 1 aromatic carbocycles. The normalized spacial score (nSPS) is 10.2. The van der Waals surface area contributed by atoms with Crippen LogP contribution < -0.4 is 16.8 Å². The quantitative estimate of drug-likeness (QED) is 0.734. The van der Waals surface area contributed by atoms with Crippen molar-refractivity contribution in [3.05, 3.63) is 46.8 Å². The molecule has 1 aromatic heterocycles. The number of rotatable bonds is 5. The number of carbonyl (C=O) groups excluding carboxylic acids is 2. The summed E-state index contributed by atoms with van der Waals surface area (Å²) in [6.45, 7) is 0. The number of anilines is 2. The average molecular weight is 289 g/mol. The Bertz CT molecular complexity index is 620. The molecule has 104 valence electrons. The number of hydrogen-bond donors (Lipinski definition) is 3. The van der Waals surface area contributed by atoms with Gasteiger partial charge in [-0.1, -0.05) is 12.1 Å². The maximum absolute atomic E-state index is 11.8. The lowest BCUT2D eigenvalue weighted by atomic mass is 10.1. The van der Waals surface area contributed by atoms with E-state index in [0.29, 0.717) is 29.1 Å². The van der Waals surface area contributed by atoms with Crippen LogP contribution in [0.15, 0.2) is 35.7 Å². The molecule has 1 heterocycles. The Morgan fingerprint density at radius 1 is 1.15 bits per heavy atom. The molecule has 0 radical (unpaired) electrons. The number of aryl methyl sites for hydroxylation is 1. The van der Waals surface area contributed by atoms with Gasteiger partial charge in [-0.25, -0.2) is 0 Å². The highest BCUT2D eigenvalue weighted by Gasteiger charge is 2.12. The van der Waals surface area contributed by atoms with Crippen molar-refractivity contribution in [3.8, 4) is 0 Å². The van der Waals surface area contributed by atoms with Gasteiger partial charge < -0.3 is 16.8 Å². The smallest absolute Gasteiger partial charge is 0.251 e. The number of primary amides is 1. The SMILES string of the molecule is NC(=O)c1ccsc1NC(=O)CCc1ccc(N)cc1. The first-order valence-corrected chi connectivity index (χ1v) is 6.96. The van der Waals surface area contributed by atoms with Crippen LogP contribution >= 0.6 is 11.3 Å². The average Bonchev–Trinajstić information content (AvgIpc) is 2.86. The van der Waals surface area contributed by atoms with E-state index >= 15 is 0 Å². The minimum atomic E-state index is -0.542. The number of nitrogens with one attached hydrogen (secondary N) is 1. The van der Waals surface area contributed by atoms with E-state index in [0.717, 1.165) is 5.56 Å². The number of benzene rings is 1. The van der Waals surface area contributed by atoms with E-state index in [9.17, 15) is 9.59 Å².